The fraction of sp³-hybridized carbons (Fsp3) is 0.308. The smallest absolute Gasteiger partial charge is 0.335 e. The second-order valence-corrected chi connectivity index (χ2v) is 5.00. The first-order valence-electron chi connectivity index (χ1n) is 5.33. The molecule has 0 bridgehead atoms. The van der Waals surface area contributed by atoms with Crippen molar-refractivity contribution in [3.8, 4) is 0 Å². The van der Waals surface area contributed by atoms with Gasteiger partial charge >= 0.3 is 5.97 Å². The molecular weight excluding hydrogens is 259 g/mol. The van der Waals surface area contributed by atoms with Gasteiger partial charge in [0.2, 0.25) is 0 Å². The molecule has 1 heterocycles. The molecule has 2 rings (SSSR count). The maximum Gasteiger partial charge on any atom is 0.335 e. The number of carbonyl (C=O) groups excluding carboxylic acids is 1. The highest BCUT2D eigenvalue weighted by molar-refractivity contribution is 6.31. The number of rotatable bonds is 2. The molecule has 2 nitrogen and oxygen atoms in total. The van der Waals surface area contributed by atoms with Gasteiger partial charge in [-0.3, -0.25) is 0 Å². The SMILES string of the molecule is C/C(Cl)=C1/C(=O)OC[C@H]1[C@@H](Cl)c1ccccc1. The Hall–Kier alpha value is -0.990. The Morgan fingerprint density at radius 3 is 2.65 bits per heavy atom. The molecule has 0 radical (unpaired) electrons. The molecule has 1 fully saturated rings. The quantitative estimate of drug-likeness (QED) is 0.466. The molecular formula is C13H12Cl2O2. The van der Waals surface area contributed by atoms with Gasteiger partial charge in [-0.15, -0.1) is 11.6 Å². The van der Waals surface area contributed by atoms with Gasteiger partial charge in [-0.05, 0) is 12.5 Å². The lowest BCUT2D eigenvalue weighted by molar-refractivity contribution is -0.135. The van der Waals surface area contributed by atoms with E-state index in [2.05, 4.69) is 0 Å². The maximum atomic E-state index is 11.5. The number of ether oxygens (including phenoxy) is 1. The van der Waals surface area contributed by atoms with E-state index in [1.54, 1.807) is 6.92 Å². The van der Waals surface area contributed by atoms with Gasteiger partial charge in [0.1, 0.15) is 6.61 Å². The summed E-state index contributed by atoms with van der Waals surface area (Å²) in [5, 5.41) is 0.158. The van der Waals surface area contributed by atoms with Crippen LogP contribution in [0.5, 0.6) is 0 Å². The zero-order chi connectivity index (χ0) is 12.4. The van der Waals surface area contributed by atoms with Crippen molar-refractivity contribution in [2.45, 2.75) is 12.3 Å². The number of allylic oxidation sites excluding steroid dienone is 1. The molecule has 0 spiro atoms. The first-order valence-corrected chi connectivity index (χ1v) is 6.15. The lowest BCUT2D eigenvalue weighted by atomic mass is 9.93. The van der Waals surface area contributed by atoms with Crippen LogP contribution in [0.25, 0.3) is 0 Å². The fourth-order valence-corrected chi connectivity index (χ4v) is 2.54. The Bertz CT molecular complexity index is 450. The zero-order valence-electron chi connectivity index (χ0n) is 9.32. The van der Waals surface area contributed by atoms with Crippen LogP contribution >= 0.6 is 23.2 Å². The summed E-state index contributed by atoms with van der Waals surface area (Å²) in [5.41, 5.74) is 1.46. The van der Waals surface area contributed by atoms with Gasteiger partial charge in [0.15, 0.2) is 0 Å². The summed E-state index contributed by atoms with van der Waals surface area (Å²) in [5.74, 6) is -0.534. The number of alkyl halides is 1. The number of hydrogen-bond donors (Lipinski definition) is 0. The maximum absolute atomic E-state index is 11.5. The molecule has 0 unspecified atom stereocenters. The summed E-state index contributed by atoms with van der Waals surface area (Å²) in [4.78, 5) is 11.5. The van der Waals surface area contributed by atoms with E-state index >= 15 is 0 Å². The van der Waals surface area contributed by atoms with Gasteiger partial charge in [-0.2, -0.15) is 0 Å². The second-order valence-electron chi connectivity index (χ2n) is 3.96. The van der Waals surface area contributed by atoms with Gasteiger partial charge < -0.3 is 4.74 Å². The van der Waals surface area contributed by atoms with Crippen molar-refractivity contribution in [2.75, 3.05) is 6.61 Å². The van der Waals surface area contributed by atoms with Crippen molar-refractivity contribution < 1.29 is 9.53 Å². The highest BCUT2D eigenvalue weighted by atomic mass is 35.5. The molecule has 0 amide bonds. The van der Waals surface area contributed by atoms with Gasteiger partial charge in [-0.1, -0.05) is 41.9 Å². The number of halogens is 2. The van der Waals surface area contributed by atoms with E-state index < -0.39 is 0 Å². The third kappa shape index (κ3) is 2.48. The molecule has 0 N–H and O–H groups in total. The largest absolute Gasteiger partial charge is 0.462 e. The van der Waals surface area contributed by atoms with Crippen LogP contribution in [0.15, 0.2) is 40.9 Å². The molecule has 1 aromatic carbocycles. The van der Waals surface area contributed by atoms with Crippen LogP contribution in [0.1, 0.15) is 17.9 Å². The Balaban J connectivity index is 2.30. The van der Waals surface area contributed by atoms with E-state index in [4.69, 9.17) is 27.9 Å². The third-order valence-corrected chi connectivity index (χ3v) is 3.59. The fourth-order valence-electron chi connectivity index (χ4n) is 1.97. The van der Waals surface area contributed by atoms with Crippen LogP contribution in [-0.2, 0) is 9.53 Å². The molecule has 1 aliphatic heterocycles. The molecule has 4 heteroatoms. The average Bonchev–Trinajstić information content (AvgIpc) is 2.71. The number of esters is 1. The van der Waals surface area contributed by atoms with E-state index in [1.807, 2.05) is 30.3 Å². The van der Waals surface area contributed by atoms with Crippen LogP contribution in [0.2, 0.25) is 0 Å². The van der Waals surface area contributed by atoms with E-state index in [1.165, 1.54) is 0 Å². The lowest BCUT2D eigenvalue weighted by Crippen LogP contribution is -2.11. The predicted molar refractivity (Wildman–Crippen MR) is 68.0 cm³/mol. The standard InChI is InChI=1S/C13H12Cl2O2/c1-8(14)11-10(7-17-13(11)16)12(15)9-5-3-2-4-6-9/h2-6,10,12H,7H2,1H3/b11-8-/t10-,12+/m1/s1. The third-order valence-electron chi connectivity index (χ3n) is 2.83. The van der Waals surface area contributed by atoms with Gasteiger partial charge in [0.05, 0.1) is 11.0 Å². The summed E-state index contributed by atoms with van der Waals surface area (Å²) >= 11 is 12.3. The molecule has 1 aromatic rings. The van der Waals surface area contributed by atoms with Crippen molar-refractivity contribution in [3.63, 3.8) is 0 Å². The first kappa shape index (κ1) is 12.5. The molecule has 2 atom stereocenters. The van der Waals surface area contributed by atoms with Crippen molar-refractivity contribution in [2.24, 2.45) is 5.92 Å². The molecule has 1 saturated heterocycles. The molecule has 90 valence electrons. The number of benzene rings is 1. The molecule has 0 aromatic heterocycles. The van der Waals surface area contributed by atoms with Crippen LogP contribution in [0.3, 0.4) is 0 Å². The van der Waals surface area contributed by atoms with Crippen molar-refractivity contribution in [1.82, 2.24) is 0 Å². The summed E-state index contributed by atoms with van der Waals surface area (Å²) in [6, 6.07) is 9.62. The molecule has 1 aliphatic rings. The number of carbonyl (C=O) groups is 1. The van der Waals surface area contributed by atoms with Crippen molar-refractivity contribution >= 4 is 29.2 Å². The Morgan fingerprint density at radius 2 is 2.06 bits per heavy atom. The van der Waals surface area contributed by atoms with Crippen LogP contribution in [0, 0.1) is 5.92 Å². The monoisotopic (exact) mass is 270 g/mol. The van der Waals surface area contributed by atoms with Crippen molar-refractivity contribution in [3.05, 3.63) is 46.5 Å². The highest BCUT2D eigenvalue weighted by Crippen LogP contribution is 2.39. The van der Waals surface area contributed by atoms with E-state index in [0.29, 0.717) is 17.2 Å². The lowest BCUT2D eigenvalue weighted by Gasteiger charge is -2.16. The number of hydrogen-bond acceptors (Lipinski definition) is 2. The van der Waals surface area contributed by atoms with Gasteiger partial charge in [0.25, 0.3) is 0 Å². The summed E-state index contributed by atoms with van der Waals surface area (Å²) in [6.45, 7) is 1.98. The van der Waals surface area contributed by atoms with E-state index in [9.17, 15) is 4.79 Å². The van der Waals surface area contributed by atoms with Crippen molar-refractivity contribution in [1.29, 1.82) is 0 Å². The Kier molecular flexibility index (Phi) is 3.75. The summed E-state index contributed by atoms with van der Waals surface area (Å²) in [7, 11) is 0. The van der Waals surface area contributed by atoms with E-state index in [-0.39, 0.29) is 17.3 Å². The second kappa shape index (κ2) is 5.11. The minimum Gasteiger partial charge on any atom is -0.462 e. The first-order chi connectivity index (χ1) is 8.11. The van der Waals surface area contributed by atoms with Crippen LogP contribution in [0.4, 0.5) is 0 Å². The number of cyclic esters (lactones) is 1. The van der Waals surface area contributed by atoms with Gasteiger partial charge in [0, 0.05) is 11.0 Å². The minimum absolute atomic E-state index is 0.177. The zero-order valence-corrected chi connectivity index (χ0v) is 10.8. The molecule has 0 saturated carbocycles. The summed E-state index contributed by atoms with van der Waals surface area (Å²) in [6.07, 6.45) is 0. The minimum atomic E-state index is -0.357. The Morgan fingerprint density at radius 1 is 1.41 bits per heavy atom. The average molecular weight is 271 g/mol. The topological polar surface area (TPSA) is 26.3 Å². The van der Waals surface area contributed by atoms with Gasteiger partial charge in [-0.25, -0.2) is 4.79 Å². The van der Waals surface area contributed by atoms with Crippen LogP contribution in [-0.4, -0.2) is 12.6 Å². The molecule has 17 heavy (non-hydrogen) atoms. The highest BCUT2D eigenvalue weighted by Gasteiger charge is 2.37. The van der Waals surface area contributed by atoms with Crippen LogP contribution < -0.4 is 0 Å². The normalized spacial score (nSPS) is 24.4. The predicted octanol–water partition coefficient (Wildman–Crippen LogP) is 3.65. The molecule has 0 aliphatic carbocycles. The van der Waals surface area contributed by atoms with E-state index in [0.717, 1.165) is 5.56 Å². The summed E-state index contributed by atoms with van der Waals surface area (Å²) < 4.78 is 5.02. The Labute approximate surface area is 110 Å².